The molecule has 0 radical (unpaired) electrons. The molecule has 0 saturated carbocycles. The normalized spacial score (nSPS) is 14.7. The average molecular weight is 227 g/mol. The summed E-state index contributed by atoms with van der Waals surface area (Å²) in [6.45, 7) is 0. The van der Waals surface area contributed by atoms with E-state index >= 15 is 0 Å². The Kier molecular flexibility index (Phi) is 2.44. The van der Waals surface area contributed by atoms with Gasteiger partial charge in [-0.05, 0) is 30.0 Å². The van der Waals surface area contributed by atoms with Crippen LogP contribution < -0.4 is 0 Å². The van der Waals surface area contributed by atoms with Crippen molar-refractivity contribution in [3.63, 3.8) is 0 Å². The van der Waals surface area contributed by atoms with E-state index < -0.39 is 0 Å². The van der Waals surface area contributed by atoms with Crippen molar-refractivity contribution in [3.05, 3.63) is 42.0 Å². The third-order valence-electron chi connectivity index (χ3n) is 3.06. The van der Waals surface area contributed by atoms with Crippen LogP contribution in [0.25, 0.3) is 10.8 Å². The van der Waals surface area contributed by atoms with Crippen LogP contribution in [0.3, 0.4) is 0 Å². The zero-order chi connectivity index (χ0) is 11.0. The topological polar surface area (TPSA) is 12.4 Å². The van der Waals surface area contributed by atoms with E-state index in [4.69, 9.17) is 4.99 Å². The number of hydrogen-bond donors (Lipinski definition) is 0. The zero-order valence-electron chi connectivity index (χ0n) is 9.23. The second kappa shape index (κ2) is 3.95. The molecule has 0 unspecified atom stereocenters. The van der Waals surface area contributed by atoms with E-state index in [1.807, 2.05) is 0 Å². The van der Waals surface area contributed by atoms with Crippen LogP contribution in [0.15, 0.2) is 41.4 Å². The zero-order valence-corrected chi connectivity index (χ0v) is 10.1. The first kappa shape index (κ1) is 9.91. The molecule has 0 amide bonds. The van der Waals surface area contributed by atoms with Gasteiger partial charge in [-0.15, -0.1) is 11.8 Å². The third kappa shape index (κ3) is 1.54. The van der Waals surface area contributed by atoms with Gasteiger partial charge in [0.2, 0.25) is 0 Å². The molecular formula is C14H13NS. The van der Waals surface area contributed by atoms with E-state index in [-0.39, 0.29) is 0 Å². The van der Waals surface area contributed by atoms with Crippen LogP contribution in [0.1, 0.15) is 12.0 Å². The van der Waals surface area contributed by atoms with Crippen molar-refractivity contribution in [1.29, 1.82) is 0 Å². The van der Waals surface area contributed by atoms with Gasteiger partial charge < -0.3 is 0 Å². The van der Waals surface area contributed by atoms with Gasteiger partial charge in [-0.2, -0.15) is 0 Å². The van der Waals surface area contributed by atoms with Crippen LogP contribution in [0.4, 0.5) is 5.69 Å². The molecule has 1 aliphatic rings. The van der Waals surface area contributed by atoms with Crippen molar-refractivity contribution < 1.29 is 0 Å². The maximum Gasteiger partial charge on any atom is 0.0749 e. The van der Waals surface area contributed by atoms with Crippen molar-refractivity contribution in [1.82, 2.24) is 0 Å². The first-order chi connectivity index (χ1) is 7.88. The van der Waals surface area contributed by atoms with E-state index in [9.17, 15) is 0 Å². The highest BCUT2D eigenvalue weighted by molar-refractivity contribution is 8.13. The Labute approximate surface area is 99.6 Å². The summed E-state index contributed by atoms with van der Waals surface area (Å²) in [5.74, 6) is 0. The lowest BCUT2D eigenvalue weighted by Gasteiger charge is -2.15. The molecular weight excluding hydrogens is 214 g/mol. The smallest absolute Gasteiger partial charge is 0.0749 e. The lowest BCUT2D eigenvalue weighted by molar-refractivity contribution is 1.03. The largest absolute Gasteiger partial charge is 0.246 e. The van der Waals surface area contributed by atoms with Gasteiger partial charge in [0.15, 0.2) is 0 Å². The van der Waals surface area contributed by atoms with Crippen molar-refractivity contribution in [2.75, 3.05) is 6.26 Å². The molecule has 2 aromatic carbocycles. The Balaban J connectivity index is 2.30. The van der Waals surface area contributed by atoms with Gasteiger partial charge in [0.1, 0.15) is 0 Å². The van der Waals surface area contributed by atoms with E-state index in [2.05, 4.69) is 42.7 Å². The predicted molar refractivity (Wildman–Crippen MR) is 72.9 cm³/mol. The average Bonchev–Trinajstić information content (AvgIpc) is 2.38. The van der Waals surface area contributed by atoms with Gasteiger partial charge in [0.05, 0.1) is 10.7 Å². The number of aryl methyl sites for hydroxylation is 1. The van der Waals surface area contributed by atoms with Crippen LogP contribution in [-0.4, -0.2) is 11.3 Å². The van der Waals surface area contributed by atoms with E-state index in [1.165, 1.54) is 27.1 Å². The molecule has 0 atom stereocenters. The second-order valence-corrected chi connectivity index (χ2v) is 4.88. The van der Waals surface area contributed by atoms with Gasteiger partial charge in [0.25, 0.3) is 0 Å². The Morgan fingerprint density at radius 1 is 1.06 bits per heavy atom. The van der Waals surface area contributed by atoms with Crippen molar-refractivity contribution in [3.8, 4) is 0 Å². The third-order valence-corrected chi connectivity index (χ3v) is 3.83. The molecule has 80 valence electrons. The Morgan fingerprint density at radius 3 is 2.81 bits per heavy atom. The standard InChI is InChI=1S/C14H13NS/c1-16-13-9-8-11-7-6-10-4-2-3-5-12(10)14(11)15-13/h2-7H,8-9H2,1H3. The molecule has 1 nitrogen and oxygen atoms in total. The minimum absolute atomic E-state index is 1.09. The summed E-state index contributed by atoms with van der Waals surface area (Å²) in [6.07, 6.45) is 4.32. The summed E-state index contributed by atoms with van der Waals surface area (Å²) in [4.78, 5) is 4.77. The number of hydrogen-bond acceptors (Lipinski definition) is 2. The van der Waals surface area contributed by atoms with Crippen LogP contribution in [0.5, 0.6) is 0 Å². The fraction of sp³-hybridized carbons (Fsp3) is 0.214. The quantitative estimate of drug-likeness (QED) is 0.657. The molecule has 2 heteroatoms. The van der Waals surface area contributed by atoms with Crippen molar-refractivity contribution in [2.24, 2.45) is 4.99 Å². The molecule has 3 rings (SSSR count). The number of nitrogens with zero attached hydrogens (tertiary/aromatic N) is 1. The Hall–Kier alpha value is -1.28. The highest BCUT2D eigenvalue weighted by Crippen LogP contribution is 2.35. The molecule has 0 aliphatic carbocycles. The first-order valence-electron chi connectivity index (χ1n) is 5.50. The number of aliphatic imine (C=N–C) groups is 1. The molecule has 0 fully saturated rings. The number of thioether (sulfide) groups is 1. The maximum absolute atomic E-state index is 4.77. The lowest BCUT2D eigenvalue weighted by Crippen LogP contribution is -2.01. The summed E-state index contributed by atoms with van der Waals surface area (Å²) in [7, 11) is 0. The molecule has 0 spiro atoms. The molecule has 0 aromatic heterocycles. The van der Waals surface area contributed by atoms with Crippen LogP contribution in [0.2, 0.25) is 0 Å². The van der Waals surface area contributed by atoms with Crippen LogP contribution >= 0.6 is 11.8 Å². The van der Waals surface area contributed by atoms with E-state index in [0.717, 1.165) is 12.8 Å². The molecule has 0 N–H and O–H groups in total. The fourth-order valence-corrected chi connectivity index (χ4v) is 2.69. The monoisotopic (exact) mass is 227 g/mol. The molecule has 2 aromatic rings. The van der Waals surface area contributed by atoms with E-state index in [1.54, 1.807) is 11.8 Å². The molecule has 1 heterocycles. The molecule has 0 saturated heterocycles. The highest BCUT2D eigenvalue weighted by Gasteiger charge is 2.13. The maximum atomic E-state index is 4.77. The minimum atomic E-state index is 1.09. The Morgan fingerprint density at radius 2 is 1.94 bits per heavy atom. The van der Waals surface area contributed by atoms with Crippen molar-refractivity contribution in [2.45, 2.75) is 12.8 Å². The summed E-state index contributed by atoms with van der Waals surface area (Å²) < 4.78 is 0. The van der Waals surface area contributed by atoms with Crippen LogP contribution in [0, 0.1) is 0 Å². The van der Waals surface area contributed by atoms with Crippen LogP contribution in [-0.2, 0) is 6.42 Å². The van der Waals surface area contributed by atoms with Gasteiger partial charge in [-0.1, -0.05) is 36.4 Å². The SMILES string of the molecule is CSC1=Nc2c(ccc3ccccc23)CC1. The van der Waals surface area contributed by atoms with Gasteiger partial charge in [-0.3, -0.25) is 0 Å². The summed E-state index contributed by atoms with van der Waals surface area (Å²) in [5, 5.41) is 3.82. The van der Waals surface area contributed by atoms with Gasteiger partial charge in [-0.25, -0.2) is 4.99 Å². The van der Waals surface area contributed by atoms with Crippen molar-refractivity contribution >= 4 is 33.3 Å². The summed E-state index contributed by atoms with van der Waals surface area (Å²) >= 11 is 1.77. The number of rotatable bonds is 0. The predicted octanol–water partition coefficient (Wildman–Crippen LogP) is 4.18. The second-order valence-electron chi connectivity index (χ2n) is 4.00. The first-order valence-corrected chi connectivity index (χ1v) is 6.73. The van der Waals surface area contributed by atoms with Gasteiger partial charge >= 0.3 is 0 Å². The molecule has 1 aliphatic heterocycles. The Bertz CT molecular complexity index is 572. The number of benzene rings is 2. The minimum Gasteiger partial charge on any atom is -0.246 e. The fourth-order valence-electron chi connectivity index (χ4n) is 2.20. The van der Waals surface area contributed by atoms with E-state index in [0.29, 0.717) is 0 Å². The summed E-state index contributed by atoms with van der Waals surface area (Å²) in [5.41, 5.74) is 2.57. The molecule has 0 bridgehead atoms. The lowest BCUT2D eigenvalue weighted by atomic mass is 9.99. The van der Waals surface area contributed by atoms with Gasteiger partial charge in [0, 0.05) is 5.39 Å². The summed E-state index contributed by atoms with van der Waals surface area (Å²) in [6, 6.07) is 12.9. The molecule has 16 heavy (non-hydrogen) atoms. The highest BCUT2D eigenvalue weighted by atomic mass is 32.2. The number of fused-ring (bicyclic) bond motifs is 3.